The number of carbonyl (C=O) groups is 1. The number of nitrogens with one attached hydrogen (secondary N) is 2. The molecule has 1 aromatic carbocycles. The van der Waals surface area contributed by atoms with E-state index < -0.39 is 10.0 Å². The summed E-state index contributed by atoms with van der Waals surface area (Å²) in [5.41, 5.74) is 2.53. The van der Waals surface area contributed by atoms with Gasteiger partial charge in [-0.3, -0.25) is 4.79 Å². The summed E-state index contributed by atoms with van der Waals surface area (Å²) >= 11 is 0. The second kappa shape index (κ2) is 7.41. The van der Waals surface area contributed by atoms with Crippen LogP contribution in [0.4, 0.5) is 0 Å². The zero-order valence-corrected chi connectivity index (χ0v) is 16.0. The molecule has 2 rings (SSSR count). The van der Waals surface area contributed by atoms with Gasteiger partial charge in [0.2, 0.25) is 10.0 Å². The molecule has 2 N–H and O–H groups in total. The number of nitrogens with zero attached hydrogens (tertiary/aromatic N) is 1. The third-order valence-electron chi connectivity index (χ3n) is 4.24. The largest absolute Gasteiger partial charge is 0.345 e. The minimum absolute atomic E-state index is 0.0663. The van der Waals surface area contributed by atoms with Gasteiger partial charge in [0.15, 0.2) is 0 Å². The van der Waals surface area contributed by atoms with Crippen LogP contribution in [0.1, 0.15) is 54.3 Å². The van der Waals surface area contributed by atoms with Crippen LogP contribution in [0.25, 0.3) is 0 Å². The van der Waals surface area contributed by atoms with Crippen LogP contribution in [0.2, 0.25) is 0 Å². The van der Waals surface area contributed by atoms with Crippen LogP contribution in [0.5, 0.6) is 0 Å². The number of aryl methyl sites for hydroxylation is 1. The van der Waals surface area contributed by atoms with Crippen molar-refractivity contribution in [2.45, 2.75) is 37.6 Å². The van der Waals surface area contributed by atoms with E-state index in [1.54, 1.807) is 7.05 Å². The Labute approximate surface area is 149 Å². The molecule has 0 aliphatic heterocycles. The molecule has 7 heteroatoms. The molecule has 0 aliphatic rings. The summed E-state index contributed by atoms with van der Waals surface area (Å²) in [6.45, 7) is 6.16. The van der Waals surface area contributed by atoms with Crippen LogP contribution >= 0.6 is 0 Å². The molecule has 1 heterocycles. The van der Waals surface area contributed by atoms with Gasteiger partial charge < -0.3 is 9.88 Å². The molecular weight excluding hydrogens is 338 g/mol. The first-order valence-electron chi connectivity index (χ1n) is 8.16. The molecule has 25 heavy (non-hydrogen) atoms. The smallest absolute Gasteiger partial charge is 0.268 e. The molecule has 0 saturated carbocycles. The Hall–Kier alpha value is -2.12. The first kappa shape index (κ1) is 19.2. The summed E-state index contributed by atoms with van der Waals surface area (Å²) in [5.74, 6) is 0.135. The summed E-state index contributed by atoms with van der Waals surface area (Å²) in [5, 5.41) is 2.91. The van der Waals surface area contributed by atoms with E-state index in [-0.39, 0.29) is 16.8 Å². The van der Waals surface area contributed by atoms with Gasteiger partial charge in [0, 0.05) is 13.2 Å². The summed E-state index contributed by atoms with van der Waals surface area (Å²) in [6.07, 6.45) is 1.42. The van der Waals surface area contributed by atoms with E-state index in [1.807, 2.05) is 19.1 Å². The molecule has 0 fully saturated rings. The Balaban J connectivity index is 2.16. The lowest BCUT2D eigenvalue weighted by Gasteiger charge is -2.15. The van der Waals surface area contributed by atoms with Crippen molar-refractivity contribution < 1.29 is 13.2 Å². The van der Waals surface area contributed by atoms with E-state index in [0.717, 1.165) is 5.56 Å². The Morgan fingerprint density at radius 1 is 1.08 bits per heavy atom. The van der Waals surface area contributed by atoms with Crippen LogP contribution in [-0.2, 0) is 17.1 Å². The van der Waals surface area contributed by atoms with Crippen molar-refractivity contribution in [1.29, 1.82) is 0 Å². The zero-order valence-electron chi connectivity index (χ0n) is 15.2. The first-order chi connectivity index (χ1) is 11.7. The third kappa shape index (κ3) is 4.29. The molecule has 136 valence electrons. The fourth-order valence-corrected chi connectivity index (χ4v) is 3.35. The molecule has 1 aromatic heterocycles. The molecule has 0 spiro atoms. The van der Waals surface area contributed by atoms with Gasteiger partial charge in [0.25, 0.3) is 5.91 Å². The Morgan fingerprint density at radius 3 is 2.16 bits per heavy atom. The van der Waals surface area contributed by atoms with Gasteiger partial charge in [-0.05, 0) is 37.1 Å². The molecule has 1 atom stereocenters. The quantitative estimate of drug-likeness (QED) is 0.828. The molecule has 1 amide bonds. The normalized spacial score (nSPS) is 13.0. The van der Waals surface area contributed by atoms with E-state index >= 15 is 0 Å². The topological polar surface area (TPSA) is 80.2 Å². The highest BCUT2D eigenvalue weighted by molar-refractivity contribution is 7.89. The van der Waals surface area contributed by atoms with Gasteiger partial charge in [-0.2, -0.15) is 0 Å². The van der Waals surface area contributed by atoms with Gasteiger partial charge in [-0.1, -0.05) is 38.1 Å². The Bertz CT molecular complexity index is 852. The minimum Gasteiger partial charge on any atom is -0.345 e. The highest BCUT2D eigenvalue weighted by atomic mass is 32.2. The number of rotatable bonds is 6. The van der Waals surface area contributed by atoms with Gasteiger partial charge in [-0.25, -0.2) is 13.1 Å². The average molecular weight is 363 g/mol. The summed E-state index contributed by atoms with van der Waals surface area (Å²) < 4.78 is 27.5. The van der Waals surface area contributed by atoms with Gasteiger partial charge in [0.05, 0.1) is 6.04 Å². The lowest BCUT2D eigenvalue weighted by molar-refractivity contribution is 0.0931. The van der Waals surface area contributed by atoms with Gasteiger partial charge in [0.1, 0.15) is 10.6 Å². The zero-order chi connectivity index (χ0) is 18.8. The molecule has 0 aliphatic carbocycles. The predicted molar refractivity (Wildman–Crippen MR) is 98.1 cm³/mol. The number of benzene rings is 1. The van der Waals surface area contributed by atoms with Crippen molar-refractivity contribution in [3.8, 4) is 0 Å². The lowest BCUT2D eigenvalue weighted by atomic mass is 9.99. The van der Waals surface area contributed by atoms with Crippen molar-refractivity contribution in [1.82, 2.24) is 14.6 Å². The molecule has 0 unspecified atom stereocenters. The maximum absolute atomic E-state index is 12.5. The molecule has 0 bridgehead atoms. The fourth-order valence-electron chi connectivity index (χ4n) is 2.55. The average Bonchev–Trinajstić information content (AvgIpc) is 2.97. The standard InChI is InChI=1S/C18H25N3O3S/c1-12(2)14-6-8-15(9-7-14)13(3)20-18(22)17-10-16(11-21(17)5)25(23,24)19-4/h6-13,19H,1-5H3,(H,20,22)/t13-/m1/s1. The number of hydrogen-bond donors (Lipinski definition) is 2. The van der Waals surface area contributed by atoms with Crippen LogP contribution in [0.3, 0.4) is 0 Å². The minimum atomic E-state index is -3.58. The van der Waals surface area contributed by atoms with Crippen molar-refractivity contribution in [3.63, 3.8) is 0 Å². The second-order valence-corrected chi connectivity index (χ2v) is 8.28. The molecule has 0 saturated heterocycles. The van der Waals surface area contributed by atoms with Crippen molar-refractivity contribution in [3.05, 3.63) is 53.3 Å². The number of sulfonamides is 1. The summed E-state index contributed by atoms with van der Waals surface area (Å²) in [7, 11) is -0.595. The highest BCUT2D eigenvalue weighted by Gasteiger charge is 2.20. The summed E-state index contributed by atoms with van der Waals surface area (Å²) in [6, 6.07) is 9.30. The number of amides is 1. The van der Waals surface area contributed by atoms with E-state index in [4.69, 9.17) is 0 Å². The van der Waals surface area contributed by atoms with Crippen LogP contribution in [0.15, 0.2) is 41.4 Å². The van der Waals surface area contributed by atoms with E-state index in [1.165, 1.54) is 29.4 Å². The number of carbonyl (C=O) groups excluding carboxylic acids is 1. The van der Waals surface area contributed by atoms with Crippen molar-refractivity contribution in [2.24, 2.45) is 7.05 Å². The molecule has 0 radical (unpaired) electrons. The molecule has 6 nitrogen and oxygen atoms in total. The van der Waals surface area contributed by atoms with Crippen LogP contribution in [-0.4, -0.2) is 25.9 Å². The summed E-state index contributed by atoms with van der Waals surface area (Å²) in [4.78, 5) is 12.6. The van der Waals surface area contributed by atoms with E-state index in [9.17, 15) is 13.2 Å². The lowest BCUT2D eigenvalue weighted by Crippen LogP contribution is -2.28. The monoisotopic (exact) mass is 363 g/mol. The van der Waals surface area contributed by atoms with Gasteiger partial charge in [-0.15, -0.1) is 0 Å². The highest BCUT2D eigenvalue weighted by Crippen LogP contribution is 2.19. The first-order valence-corrected chi connectivity index (χ1v) is 9.64. The second-order valence-electron chi connectivity index (χ2n) is 6.40. The van der Waals surface area contributed by atoms with Crippen LogP contribution < -0.4 is 10.0 Å². The van der Waals surface area contributed by atoms with Crippen LogP contribution in [0, 0.1) is 0 Å². The molecular formula is C18H25N3O3S. The maximum Gasteiger partial charge on any atom is 0.268 e. The number of hydrogen-bond acceptors (Lipinski definition) is 3. The van der Waals surface area contributed by atoms with Gasteiger partial charge >= 0.3 is 0 Å². The maximum atomic E-state index is 12.5. The number of aromatic nitrogens is 1. The Kier molecular flexibility index (Phi) is 5.69. The third-order valence-corrected chi connectivity index (χ3v) is 5.62. The Morgan fingerprint density at radius 2 is 1.64 bits per heavy atom. The predicted octanol–water partition coefficient (Wildman–Crippen LogP) is 2.55. The molecule has 2 aromatic rings. The SMILES string of the molecule is CNS(=O)(=O)c1cc(C(=O)N[C@H](C)c2ccc(C(C)C)cc2)n(C)c1. The van der Waals surface area contributed by atoms with E-state index in [0.29, 0.717) is 11.6 Å². The van der Waals surface area contributed by atoms with Crippen molar-refractivity contribution >= 4 is 15.9 Å². The van der Waals surface area contributed by atoms with E-state index in [2.05, 4.69) is 36.0 Å². The van der Waals surface area contributed by atoms with Crippen molar-refractivity contribution in [2.75, 3.05) is 7.05 Å². The fraction of sp³-hybridized carbons (Fsp3) is 0.389.